The van der Waals surface area contributed by atoms with Gasteiger partial charge in [0, 0.05) is 32.6 Å². The molecular formula is C19H24N2O4. The predicted molar refractivity (Wildman–Crippen MR) is 91.6 cm³/mol. The first-order chi connectivity index (χ1) is 11.9. The van der Waals surface area contributed by atoms with Crippen LogP contribution < -0.4 is 0 Å². The fourth-order valence-corrected chi connectivity index (χ4v) is 3.64. The van der Waals surface area contributed by atoms with Crippen LogP contribution >= 0.6 is 0 Å². The maximum atomic E-state index is 12.7. The quantitative estimate of drug-likeness (QED) is 0.901. The minimum absolute atomic E-state index is 0.00859. The molecule has 2 heterocycles. The van der Waals surface area contributed by atoms with E-state index in [1.807, 2.05) is 31.2 Å². The lowest BCUT2D eigenvalue weighted by Gasteiger charge is -2.32. The molecule has 0 aliphatic carbocycles. The predicted octanol–water partition coefficient (Wildman–Crippen LogP) is 1.67. The summed E-state index contributed by atoms with van der Waals surface area (Å²) in [5.41, 5.74) is 2.22. The van der Waals surface area contributed by atoms with Gasteiger partial charge < -0.3 is 14.9 Å². The van der Waals surface area contributed by atoms with Crippen LogP contribution in [0.1, 0.15) is 30.4 Å². The summed E-state index contributed by atoms with van der Waals surface area (Å²) in [7, 11) is 0. The molecule has 0 saturated carbocycles. The van der Waals surface area contributed by atoms with Gasteiger partial charge in [0.25, 0.3) is 0 Å². The van der Waals surface area contributed by atoms with E-state index in [0.717, 1.165) is 5.56 Å². The molecule has 6 nitrogen and oxygen atoms in total. The largest absolute Gasteiger partial charge is 0.481 e. The van der Waals surface area contributed by atoms with Crippen molar-refractivity contribution in [3.05, 3.63) is 35.4 Å². The number of hydrogen-bond donors (Lipinski definition) is 1. The summed E-state index contributed by atoms with van der Waals surface area (Å²) >= 11 is 0. The number of amides is 2. The molecule has 1 aromatic rings. The van der Waals surface area contributed by atoms with E-state index in [1.54, 1.807) is 9.80 Å². The van der Waals surface area contributed by atoms with E-state index in [0.29, 0.717) is 32.5 Å². The Labute approximate surface area is 147 Å². The number of carbonyl (C=O) groups is 3. The smallest absolute Gasteiger partial charge is 0.308 e. The highest BCUT2D eigenvalue weighted by atomic mass is 16.4. The van der Waals surface area contributed by atoms with Gasteiger partial charge in [-0.25, -0.2) is 0 Å². The van der Waals surface area contributed by atoms with Crippen molar-refractivity contribution in [3.8, 4) is 0 Å². The van der Waals surface area contributed by atoms with E-state index in [4.69, 9.17) is 0 Å². The second-order valence-corrected chi connectivity index (χ2v) is 7.12. The fourth-order valence-electron chi connectivity index (χ4n) is 3.64. The average molecular weight is 344 g/mol. The maximum absolute atomic E-state index is 12.7. The molecule has 2 atom stereocenters. The number of hydrogen-bond acceptors (Lipinski definition) is 3. The first kappa shape index (κ1) is 17.5. The van der Waals surface area contributed by atoms with Gasteiger partial charge in [-0.15, -0.1) is 0 Å². The number of nitrogens with zero attached hydrogens (tertiary/aromatic N) is 2. The summed E-state index contributed by atoms with van der Waals surface area (Å²) < 4.78 is 0. The van der Waals surface area contributed by atoms with Crippen molar-refractivity contribution in [1.29, 1.82) is 0 Å². The van der Waals surface area contributed by atoms with Gasteiger partial charge in [-0.05, 0) is 25.3 Å². The number of aryl methyl sites for hydroxylation is 1. The van der Waals surface area contributed by atoms with Gasteiger partial charge in [-0.2, -0.15) is 0 Å². The Kier molecular flexibility index (Phi) is 5.06. The number of carboxylic acids is 1. The topological polar surface area (TPSA) is 77.9 Å². The Morgan fingerprint density at radius 1 is 1.16 bits per heavy atom. The zero-order chi connectivity index (χ0) is 18.0. The van der Waals surface area contributed by atoms with E-state index in [9.17, 15) is 19.5 Å². The molecule has 0 unspecified atom stereocenters. The van der Waals surface area contributed by atoms with Crippen LogP contribution in [-0.4, -0.2) is 52.3 Å². The molecule has 2 amide bonds. The van der Waals surface area contributed by atoms with Gasteiger partial charge in [0.1, 0.15) is 0 Å². The van der Waals surface area contributed by atoms with Gasteiger partial charge in [0.05, 0.1) is 11.8 Å². The molecule has 0 aromatic heterocycles. The van der Waals surface area contributed by atoms with Crippen molar-refractivity contribution >= 4 is 17.8 Å². The lowest BCUT2D eigenvalue weighted by molar-refractivity contribution is -0.146. The molecule has 2 aliphatic heterocycles. The van der Waals surface area contributed by atoms with Crippen molar-refractivity contribution in [1.82, 2.24) is 9.80 Å². The molecule has 2 saturated heterocycles. The Bertz CT molecular complexity index is 671. The van der Waals surface area contributed by atoms with Crippen LogP contribution in [0.2, 0.25) is 0 Å². The van der Waals surface area contributed by atoms with Crippen LogP contribution in [0, 0.1) is 18.8 Å². The fraction of sp³-hybridized carbons (Fsp3) is 0.526. The first-order valence-electron chi connectivity index (χ1n) is 8.79. The highest BCUT2D eigenvalue weighted by Crippen LogP contribution is 2.25. The van der Waals surface area contributed by atoms with Gasteiger partial charge >= 0.3 is 5.97 Å². The SMILES string of the molecule is Cc1ccc(CN2C[C@H](C(=O)N3CCC[C@H](C(=O)O)C3)CC2=O)cc1. The van der Waals surface area contributed by atoms with Crippen LogP contribution in [0.25, 0.3) is 0 Å². The highest BCUT2D eigenvalue weighted by Gasteiger charge is 2.38. The Morgan fingerprint density at radius 2 is 1.88 bits per heavy atom. The molecule has 0 radical (unpaired) electrons. The maximum Gasteiger partial charge on any atom is 0.308 e. The molecule has 2 fully saturated rings. The number of benzene rings is 1. The van der Waals surface area contributed by atoms with E-state index in [2.05, 4.69) is 0 Å². The van der Waals surface area contributed by atoms with Crippen LogP contribution in [0.3, 0.4) is 0 Å². The lowest BCUT2D eigenvalue weighted by atomic mass is 9.96. The number of aliphatic carboxylic acids is 1. The average Bonchev–Trinajstić information content (AvgIpc) is 2.97. The number of carbonyl (C=O) groups excluding carboxylic acids is 2. The first-order valence-corrected chi connectivity index (χ1v) is 8.79. The van der Waals surface area contributed by atoms with E-state index in [-0.39, 0.29) is 30.7 Å². The summed E-state index contributed by atoms with van der Waals surface area (Å²) in [5.74, 6) is -1.78. The van der Waals surface area contributed by atoms with Crippen molar-refractivity contribution < 1.29 is 19.5 Å². The summed E-state index contributed by atoms with van der Waals surface area (Å²) in [5, 5.41) is 9.17. The van der Waals surface area contributed by atoms with Crippen molar-refractivity contribution in [2.45, 2.75) is 32.7 Å². The van der Waals surface area contributed by atoms with E-state index in [1.165, 1.54) is 5.56 Å². The Morgan fingerprint density at radius 3 is 2.56 bits per heavy atom. The number of carboxylic acid groups (broad SMARTS) is 1. The molecule has 6 heteroatoms. The summed E-state index contributed by atoms with van der Waals surface area (Å²) in [4.78, 5) is 39.5. The second-order valence-electron chi connectivity index (χ2n) is 7.12. The van der Waals surface area contributed by atoms with Gasteiger partial charge in [-0.3, -0.25) is 14.4 Å². The minimum Gasteiger partial charge on any atom is -0.481 e. The minimum atomic E-state index is -0.846. The van der Waals surface area contributed by atoms with Crippen LogP contribution in [0.5, 0.6) is 0 Å². The molecule has 2 aliphatic rings. The summed E-state index contributed by atoms with van der Waals surface area (Å²) in [6, 6.07) is 8.02. The molecule has 0 bridgehead atoms. The van der Waals surface area contributed by atoms with Crippen molar-refractivity contribution in [3.63, 3.8) is 0 Å². The Hall–Kier alpha value is -2.37. The van der Waals surface area contributed by atoms with E-state index < -0.39 is 11.9 Å². The number of rotatable bonds is 4. The molecule has 3 rings (SSSR count). The van der Waals surface area contributed by atoms with Gasteiger partial charge in [0.2, 0.25) is 11.8 Å². The summed E-state index contributed by atoms with van der Waals surface area (Å²) in [6.45, 7) is 3.80. The van der Waals surface area contributed by atoms with Crippen LogP contribution in [0.15, 0.2) is 24.3 Å². The second kappa shape index (κ2) is 7.25. The molecule has 25 heavy (non-hydrogen) atoms. The monoisotopic (exact) mass is 344 g/mol. The standard InChI is InChI=1S/C19H24N2O4/c1-13-4-6-14(7-5-13)10-21-12-16(9-17(21)22)18(23)20-8-2-3-15(11-20)19(24)25/h4-7,15-16H,2-3,8-12H2,1H3,(H,24,25)/t15-,16+/m0/s1. The molecule has 1 N–H and O–H groups in total. The normalized spacial score (nSPS) is 23.8. The van der Waals surface area contributed by atoms with Crippen LogP contribution in [0.4, 0.5) is 0 Å². The zero-order valence-electron chi connectivity index (χ0n) is 14.5. The number of piperidine rings is 1. The highest BCUT2D eigenvalue weighted by molar-refractivity contribution is 5.89. The summed E-state index contributed by atoms with van der Waals surface area (Å²) in [6.07, 6.45) is 1.54. The lowest BCUT2D eigenvalue weighted by Crippen LogP contribution is -2.45. The third-order valence-electron chi connectivity index (χ3n) is 5.14. The van der Waals surface area contributed by atoms with Crippen molar-refractivity contribution in [2.24, 2.45) is 11.8 Å². The van der Waals surface area contributed by atoms with E-state index >= 15 is 0 Å². The third-order valence-corrected chi connectivity index (χ3v) is 5.14. The zero-order valence-corrected chi connectivity index (χ0v) is 14.5. The van der Waals surface area contributed by atoms with Crippen LogP contribution in [-0.2, 0) is 20.9 Å². The molecule has 134 valence electrons. The van der Waals surface area contributed by atoms with Gasteiger partial charge in [0.15, 0.2) is 0 Å². The number of likely N-dealkylation sites (tertiary alicyclic amines) is 2. The Balaban J connectivity index is 1.60. The molecule has 1 aromatic carbocycles. The molecule has 0 spiro atoms. The third kappa shape index (κ3) is 4.00. The van der Waals surface area contributed by atoms with Gasteiger partial charge in [-0.1, -0.05) is 29.8 Å². The molecular weight excluding hydrogens is 320 g/mol. The van der Waals surface area contributed by atoms with Crippen molar-refractivity contribution in [2.75, 3.05) is 19.6 Å².